The van der Waals surface area contributed by atoms with E-state index in [1.807, 2.05) is 19.1 Å². The average molecular weight is 349 g/mol. The summed E-state index contributed by atoms with van der Waals surface area (Å²) < 4.78 is 27.1. The van der Waals surface area contributed by atoms with Crippen LogP contribution in [0.2, 0.25) is 0 Å². The summed E-state index contributed by atoms with van der Waals surface area (Å²) >= 11 is 0. The number of allylic oxidation sites excluding steroid dienone is 1. The molecule has 0 N–H and O–H groups in total. The molecule has 1 aliphatic heterocycles. The second-order valence-electron chi connectivity index (χ2n) is 6.92. The molecule has 4 nitrogen and oxygen atoms in total. The molecule has 1 aromatic rings. The maximum Gasteiger partial charge on any atom is 0.243 e. The van der Waals surface area contributed by atoms with E-state index < -0.39 is 10.0 Å². The van der Waals surface area contributed by atoms with Crippen LogP contribution in [0.1, 0.15) is 37.7 Å². The molecule has 0 radical (unpaired) electrons. The monoisotopic (exact) mass is 348 g/mol. The van der Waals surface area contributed by atoms with Gasteiger partial charge in [-0.15, -0.1) is 0 Å². The molecule has 1 aliphatic carbocycles. The van der Waals surface area contributed by atoms with Gasteiger partial charge in [0.25, 0.3) is 0 Å². The molecule has 1 fully saturated rings. The van der Waals surface area contributed by atoms with Crippen molar-refractivity contribution in [2.24, 2.45) is 0 Å². The summed E-state index contributed by atoms with van der Waals surface area (Å²) in [6.45, 7) is 5.84. The second kappa shape index (κ2) is 7.81. The molecule has 1 heterocycles. The predicted molar refractivity (Wildman–Crippen MR) is 97.5 cm³/mol. The number of rotatable bonds is 5. The van der Waals surface area contributed by atoms with Crippen LogP contribution in [0, 0.1) is 6.92 Å². The Morgan fingerprint density at radius 1 is 1.08 bits per heavy atom. The van der Waals surface area contributed by atoms with Crippen LogP contribution in [0.5, 0.6) is 0 Å². The smallest absolute Gasteiger partial charge is 0.243 e. The van der Waals surface area contributed by atoms with Crippen LogP contribution in [0.15, 0.2) is 40.8 Å². The fraction of sp³-hybridized carbons (Fsp3) is 0.579. The van der Waals surface area contributed by atoms with Gasteiger partial charge in [-0.2, -0.15) is 4.31 Å². The van der Waals surface area contributed by atoms with Crippen LogP contribution < -0.4 is 0 Å². The molecule has 3 rings (SSSR count). The summed E-state index contributed by atoms with van der Waals surface area (Å²) in [4.78, 5) is 2.82. The topological polar surface area (TPSA) is 40.6 Å². The predicted octanol–water partition coefficient (Wildman–Crippen LogP) is 3.19. The Hall–Kier alpha value is -1.17. The van der Waals surface area contributed by atoms with Crippen molar-refractivity contribution in [1.29, 1.82) is 0 Å². The molecule has 0 amide bonds. The highest BCUT2D eigenvalue weighted by Crippen LogP contribution is 2.22. The Morgan fingerprint density at radius 2 is 1.88 bits per heavy atom. The minimum Gasteiger partial charge on any atom is -0.300 e. The third-order valence-corrected chi connectivity index (χ3v) is 6.99. The normalized spacial score (nSPS) is 20.8. The zero-order chi connectivity index (χ0) is 17.0. The first-order chi connectivity index (χ1) is 11.6. The number of hydrogen-bond acceptors (Lipinski definition) is 3. The molecular weight excluding hydrogens is 320 g/mol. The molecule has 2 aliphatic rings. The summed E-state index contributed by atoms with van der Waals surface area (Å²) in [5.74, 6) is 0. The van der Waals surface area contributed by atoms with Gasteiger partial charge in [0.1, 0.15) is 0 Å². The molecular formula is C19H28N2O2S. The van der Waals surface area contributed by atoms with Gasteiger partial charge < -0.3 is 4.90 Å². The van der Waals surface area contributed by atoms with Gasteiger partial charge >= 0.3 is 0 Å². The minimum atomic E-state index is -3.35. The molecule has 0 saturated carbocycles. The van der Waals surface area contributed by atoms with Gasteiger partial charge in [0.2, 0.25) is 10.0 Å². The third-order valence-electron chi connectivity index (χ3n) is 5.09. The maximum atomic E-state index is 12.7. The van der Waals surface area contributed by atoms with Crippen LogP contribution in [-0.4, -0.2) is 50.3 Å². The number of hydrogen-bond donors (Lipinski definition) is 0. The lowest BCUT2D eigenvalue weighted by molar-refractivity contribution is 0.189. The van der Waals surface area contributed by atoms with Gasteiger partial charge in [-0.25, -0.2) is 8.42 Å². The Bertz CT molecular complexity index is 689. The van der Waals surface area contributed by atoms with Crippen molar-refractivity contribution in [3.8, 4) is 0 Å². The Balaban J connectivity index is 1.53. The summed E-state index contributed by atoms with van der Waals surface area (Å²) in [5, 5.41) is 0. The third kappa shape index (κ3) is 4.26. The zero-order valence-electron chi connectivity index (χ0n) is 14.6. The van der Waals surface area contributed by atoms with Crippen molar-refractivity contribution in [1.82, 2.24) is 9.21 Å². The Kier molecular flexibility index (Phi) is 5.74. The van der Waals surface area contributed by atoms with Crippen molar-refractivity contribution in [2.75, 3.05) is 32.7 Å². The molecule has 0 bridgehead atoms. The number of benzene rings is 1. The standard InChI is InChI=1S/C19H28N2O2S/c1-17-6-5-9-19(16-17)24(22,23)21-14-12-20(13-15-21)11-10-18-7-3-2-4-8-18/h5-7,9,16H,2-4,8,10-15H2,1H3. The van der Waals surface area contributed by atoms with Gasteiger partial charge in [-0.3, -0.25) is 0 Å². The molecule has 0 spiro atoms. The first-order valence-corrected chi connectivity index (χ1v) is 10.5. The molecule has 5 heteroatoms. The van der Waals surface area contributed by atoms with Crippen LogP contribution in [-0.2, 0) is 10.0 Å². The second-order valence-corrected chi connectivity index (χ2v) is 8.86. The molecule has 0 unspecified atom stereocenters. The SMILES string of the molecule is Cc1cccc(S(=O)(=O)N2CCN(CCC3=CCCCC3)CC2)c1. The average Bonchev–Trinajstić information content (AvgIpc) is 2.61. The highest BCUT2D eigenvalue weighted by molar-refractivity contribution is 7.89. The van der Waals surface area contributed by atoms with E-state index in [9.17, 15) is 8.42 Å². The first-order valence-electron chi connectivity index (χ1n) is 9.03. The Morgan fingerprint density at radius 3 is 2.54 bits per heavy atom. The van der Waals surface area contributed by atoms with E-state index >= 15 is 0 Å². The summed E-state index contributed by atoms with van der Waals surface area (Å²) in [6, 6.07) is 7.20. The molecule has 24 heavy (non-hydrogen) atoms. The summed E-state index contributed by atoms with van der Waals surface area (Å²) in [6.07, 6.45) is 8.69. The lowest BCUT2D eigenvalue weighted by Gasteiger charge is -2.34. The zero-order valence-corrected chi connectivity index (χ0v) is 15.4. The molecule has 1 aromatic carbocycles. The van der Waals surface area contributed by atoms with E-state index in [2.05, 4.69) is 11.0 Å². The van der Waals surface area contributed by atoms with Crippen molar-refractivity contribution in [3.05, 3.63) is 41.5 Å². The number of piperazine rings is 1. The lowest BCUT2D eigenvalue weighted by Crippen LogP contribution is -2.48. The van der Waals surface area contributed by atoms with Crippen LogP contribution in [0.4, 0.5) is 0 Å². The van der Waals surface area contributed by atoms with E-state index in [4.69, 9.17) is 0 Å². The first kappa shape index (κ1) is 17.6. The van der Waals surface area contributed by atoms with E-state index in [1.165, 1.54) is 25.7 Å². The van der Waals surface area contributed by atoms with E-state index in [0.717, 1.165) is 31.6 Å². The molecule has 0 atom stereocenters. The van der Waals surface area contributed by atoms with Crippen molar-refractivity contribution < 1.29 is 8.42 Å². The lowest BCUT2D eigenvalue weighted by atomic mass is 9.97. The maximum absolute atomic E-state index is 12.7. The molecule has 0 aromatic heterocycles. The fourth-order valence-electron chi connectivity index (χ4n) is 3.55. The Labute approximate surface area is 146 Å². The van der Waals surface area contributed by atoms with E-state index in [0.29, 0.717) is 18.0 Å². The van der Waals surface area contributed by atoms with Gasteiger partial charge in [0.05, 0.1) is 4.90 Å². The summed E-state index contributed by atoms with van der Waals surface area (Å²) in [5.41, 5.74) is 2.58. The van der Waals surface area contributed by atoms with Gasteiger partial charge in [0, 0.05) is 32.7 Å². The number of aryl methyl sites for hydroxylation is 1. The van der Waals surface area contributed by atoms with E-state index in [-0.39, 0.29) is 0 Å². The van der Waals surface area contributed by atoms with Crippen molar-refractivity contribution in [3.63, 3.8) is 0 Å². The van der Waals surface area contributed by atoms with Crippen LogP contribution in [0.3, 0.4) is 0 Å². The largest absolute Gasteiger partial charge is 0.300 e. The van der Waals surface area contributed by atoms with Crippen molar-refractivity contribution in [2.45, 2.75) is 43.9 Å². The number of sulfonamides is 1. The quantitative estimate of drug-likeness (QED) is 0.767. The van der Waals surface area contributed by atoms with Gasteiger partial charge in [0.15, 0.2) is 0 Å². The fourth-order valence-corrected chi connectivity index (χ4v) is 5.08. The highest BCUT2D eigenvalue weighted by atomic mass is 32.2. The van der Waals surface area contributed by atoms with E-state index in [1.54, 1.807) is 22.0 Å². The molecule has 1 saturated heterocycles. The number of nitrogens with zero attached hydrogens (tertiary/aromatic N) is 2. The van der Waals surface area contributed by atoms with Crippen LogP contribution >= 0.6 is 0 Å². The summed E-state index contributed by atoms with van der Waals surface area (Å²) in [7, 11) is -3.35. The highest BCUT2D eigenvalue weighted by Gasteiger charge is 2.28. The van der Waals surface area contributed by atoms with Gasteiger partial charge in [-0.05, 0) is 56.7 Å². The molecule has 132 valence electrons. The van der Waals surface area contributed by atoms with Gasteiger partial charge in [-0.1, -0.05) is 23.8 Å². The minimum absolute atomic E-state index is 0.420. The van der Waals surface area contributed by atoms with Crippen molar-refractivity contribution >= 4 is 10.0 Å². The van der Waals surface area contributed by atoms with Crippen LogP contribution in [0.25, 0.3) is 0 Å².